The van der Waals surface area contributed by atoms with Crippen LogP contribution in [0.5, 0.6) is 0 Å². The van der Waals surface area contributed by atoms with E-state index in [1.165, 1.54) is 88.7 Å². The molecular weight excluding hydrogens is 589 g/mol. The number of hydrogen-bond acceptors (Lipinski definition) is 0. The molecule has 3 aliphatic carbocycles. The first-order valence-corrected chi connectivity index (χ1v) is 18.5. The SMILES string of the molecule is CCC(c1ccc2c(c1)-c1ccccc1C2(C)C)(c1ccc2c(c1)C(C)(C)c1cc3c(cc1-2)C(C)(C)c1ccc2ccccc2c1-3)C(C)C. The van der Waals surface area contributed by atoms with Gasteiger partial charge in [0.15, 0.2) is 0 Å². The molecule has 1 atom stereocenters. The van der Waals surface area contributed by atoms with Gasteiger partial charge in [-0.3, -0.25) is 0 Å². The molecule has 0 heterocycles. The number of fused-ring (bicyclic) bond motifs is 11. The molecule has 0 radical (unpaired) electrons. The summed E-state index contributed by atoms with van der Waals surface area (Å²) in [5.74, 6) is 0.430. The molecule has 1 unspecified atom stereocenters. The minimum Gasteiger partial charge on any atom is -0.0642 e. The van der Waals surface area contributed by atoms with Crippen LogP contribution in [-0.2, 0) is 21.7 Å². The maximum Gasteiger partial charge on any atom is 0.0223 e. The van der Waals surface area contributed by atoms with E-state index in [2.05, 4.69) is 172 Å². The third-order valence-corrected chi connectivity index (χ3v) is 13.5. The van der Waals surface area contributed by atoms with Gasteiger partial charge in [0.05, 0.1) is 0 Å². The van der Waals surface area contributed by atoms with E-state index in [1.54, 1.807) is 0 Å². The number of rotatable bonds is 4. The zero-order valence-electron chi connectivity index (χ0n) is 30.7. The van der Waals surface area contributed by atoms with Crippen molar-refractivity contribution in [1.29, 1.82) is 0 Å². The van der Waals surface area contributed by atoms with Gasteiger partial charge in [-0.05, 0) is 119 Å². The van der Waals surface area contributed by atoms with Crippen molar-refractivity contribution in [3.63, 3.8) is 0 Å². The average Bonchev–Trinajstić information content (AvgIpc) is 3.57. The van der Waals surface area contributed by atoms with Gasteiger partial charge in [0.25, 0.3) is 0 Å². The molecule has 0 nitrogen and oxygen atoms in total. The summed E-state index contributed by atoms with van der Waals surface area (Å²) in [7, 11) is 0. The van der Waals surface area contributed by atoms with Crippen molar-refractivity contribution < 1.29 is 0 Å². The highest BCUT2D eigenvalue weighted by Gasteiger charge is 2.45. The van der Waals surface area contributed by atoms with Crippen molar-refractivity contribution in [2.75, 3.05) is 0 Å². The van der Waals surface area contributed by atoms with Crippen LogP contribution in [0.2, 0.25) is 0 Å². The monoisotopic (exact) mass is 636 g/mol. The van der Waals surface area contributed by atoms with Gasteiger partial charge in [0.2, 0.25) is 0 Å². The Morgan fingerprint density at radius 3 is 1.78 bits per heavy atom. The van der Waals surface area contributed by atoms with Gasteiger partial charge in [-0.15, -0.1) is 0 Å². The Morgan fingerprint density at radius 2 is 1.00 bits per heavy atom. The normalized spacial score (nSPS) is 18.0. The summed E-state index contributed by atoms with van der Waals surface area (Å²) in [4.78, 5) is 0. The highest BCUT2D eigenvalue weighted by atomic mass is 14.5. The van der Waals surface area contributed by atoms with Crippen LogP contribution < -0.4 is 0 Å². The van der Waals surface area contributed by atoms with E-state index in [0.29, 0.717) is 5.92 Å². The fourth-order valence-electron chi connectivity index (χ4n) is 10.7. The van der Waals surface area contributed by atoms with E-state index < -0.39 is 0 Å². The lowest BCUT2D eigenvalue weighted by Gasteiger charge is -2.39. The summed E-state index contributed by atoms with van der Waals surface area (Å²) in [5.41, 5.74) is 19.8. The zero-order chi connectivity index (χ0) is 34.2. The molecule has 6 aromatic carbocycles. The maximum atomic E-state index is 2.60. The molecule has 0 aromatic heterocycles. The van der Waals surface area contributed by atoms with E-state index in [4.69, 9.17) is 0 Å². The zero-order valence-corrected chi connectivity index (χ0v) is 30.7. The molecule has 0 heteroatoms. The molecule has 0 spiro atoms. The largest absolute Gasteiger partial charge is 0.0642 e. The fourth-order valence-corrected chi connectivity index (χ4v) is 10.7. The van der Waals surface area contributed by atoms with Crippen LogP contribution in [0.1, 0.15) is 113 Å². The van der Waals surface area contributed by atoms with Crippen molar-refractivity contribution in [3.05, 3.63) is 154 Å². The molecule has 49 heavy (non-hydrogen) atoms. The van der Waals surface area contributed by atoms with Gasteiger partial charge in [-0.1, -0.05) is 153 Å². The first kappa shape index (κ1) is 30.6. The Bertz CT molecular complexity index is 2370. The van der Waals surface area contributed by atoms with Crippen molar-refractivity contribution in [1.82, 2.24) is 0 Å². The molecule has 3 aliphatic rings. The smallest absolute Gasteiger partial charge is 0.0223 e. The minimum atomic E-state index is -0.107. The molecule has 244 valence electrons. The van der Waals surface area contributed by atoms with Crippen LogP contribution in [0.15, 0.2) is 109 Å². The van der Waals surface area contributed by atoms with Crippen LogP contribution in [0.3, 0.4) is 0 Å². The minimum absolute atomic E-state index is 0.0161. The second-order valence-electron chi connectivity index (χ2n) is 17.1. The Morgan fingerprint density at radius 1 is 0.469 bits per heavy atom. The maximum absolute atomic E-state index is 2.60. The molecule has 0 N–H and O–H groups in total. The summed E-state index contributed by atoms with van der Waals surface area (Å²) >= 11 is 0. The lowest BCUT2D eigenvalue weighted by molar-refractivity contribution is 0.357. The summed E-state index contributed by atoms with van der Waals surface area (Å²) < 4.78 is 0. The first-order chi connectivity index (χ1) is 23.3. The molecule has 0 fully saturated rings. The lowest BCUT2D eigenvalue weighted by Crippen LogP contribution is -2.33. The first-order valence-electron chi connectivity index (χ1n) is 18.5. The topological polar surface area (TPSA) is 0 Å². The summed E-state index contributed by atoms with van der Waals surface area (Å²) in [6, 6.07) is 42.8. The van der Waals surface area contributed by atoms with Crippen LogP contribution in [0, 0.1) is 5.92 Å². The predicted octanol–water partition coefficient (Wildman–Crippen LogP) is 13.1. The molecule has 9 rings (SSSR count). The third-order valence-electron chi connectivity index (χ3n) is 13.5. The number of benzene rings is 6. The quantitative estimate of drug-likeness (QED) is 0.181. The van der Waals surface area contributed by atoms with Gasteiger partial charge in [-0.25, -0.2) is 0 Å². The van der Waals surface area contributed by atoms with Crippen LogP contribution in [0.4, 0.5) is 0 Å². The van der Waals surface area contributed by atoms with Gasteiger partial charge < -0.3 is 0 Å². The number of hydrogen-bond donors (Lipinski definition) is 0. The van der Waals surface area contributed by atoms with Gasteiger partial charge in [-0.2, -0.15) is 0 Å². The Hall–Kier alpha value is -4.42. The highest BCUT2D eigenvalue weighted by molar-refractivity contribution is 6.03. The van der Waals surface area contributed by atoms with Crippen LogP contribution >= 0.6 is 0 Å². The Labute approximate surface area is 293 Å². The van der Waals surface area contributed by atoms with Crippen LogP contribution in [-0.4, -0.2) is 0 Å². The van der Waals surface area contributed by atoms with Crippen molar-refractivity contribution in [3.8, 4) is 33.4 Å². The molecule has 0 aliphatic heterocycles. The summed E-state index contributed by atoms with van der Waals surface area (Å²) in [6.45, 7) is 21.7. The highest BCUT2D eigenvalue weighted by Crippen LogP contribution is 2.58. The Balaban J connectivity index is 1.21. The Kier molecular flexibility index (Phi) is 6.15. The van der Waals surface area contributed by atoms with Crippen molar-refractivity contribution in [2.24, 2.45) is 5.92 Å². The summed E-state index contributed by atoms with van der Waals surface area (Å²) in [6.07, 6.45) is 1.05. The van der Waals surface area contributed by atoms with E-state index in [-0.39, 0.29) is 21.7 Å². The van der Waals surface area contributed by atoms with Gasteiger partial charge >= 0.3 is 0 Å². The standard InChI is InChI=1S/C49H48/c1-10-49(29(2)3,31-21-24-40-36(25-31)34-17-13-14-18-39(34)46(40,4)5)32-20-22-35-37-27-44-38(28-43(37)48(8,9)42(35)26-32)45-33-16-12-11-15-30(33)19-23-41(45)47(44,6)7/h11-29H,10H2,1-9H3. The third kappa shape index (κ3) is 3.76. The molecular formula is C49H48. The second kappa shape index (κ2) is 9.85. The lowest BCUT2D eigenvalue weighted by atomic mass is 9.64. The van der Waals surface area contributed by atoms with E-state index in [9.17, 15) is 0 Å². The molecule has 0 amide bonds. The average molecular weight is 637 g/mol. The second-order valence-corrected chi connectivity index (χ2v) is 17.1. The van der Waals surface area contributed by atoms with E-state index >= 15 is 0 Å². The van der Waals surface area contributed by atoms with Gasteiger partial charge in [0.1, 0.15) is 0 Å². The van der Waals surface area contributed by atoms with E-state index in [1.807, 2.05) is 0 Å². The molecule has 6 aromatic rings. The predicted molar refractivity (Wildman–Crippen MR) is 209 cm³/mol. The molecule has 0 bridgehead atoms. The van der Waals surface area contributed by atoms with E-state index in [0.717, 1.165) is 6.42 Å². The van der Waals surface area contributed by atoms with Crippen molar-refractivity contribution >= 4 is 10.8 Å². The molecule has 0 saturated carbocycles. The van der Waals surface area contributed by atoms with Crippen molar-refractivity contribution in [2.45, 2.75) is 90.4 Å². The van der Waals surface area contributed by atoms with Crippen LogP contribution in [0.25, 0.3) is 44.2 Å². The fraction of sp³-hybridized carbons (Fsp3) is 0.306. The molecule has 0 saturated heterocycles. The summed E-state index contributed by atoms with van der Waals surface area (Å²) in [5, 5.41) is 2.69. The van der Waals surface area contributed by atoms with Gasteiger partial charge in [0, 0.05) is 21.7 Å².